The third-order valence-corrected chi connectivity index (χ3v) is 3.20. The smallest absolute Gasteiger partial charge is 0.264 e. The van der Waals surface area contributed by atoms with Gasteiger partial charge in [-0.15, -0.1) is 0 Å². The fourth-order valence-corrected chi connectivity index (χ4v) is 2.14. The number of hydrogen-bond acceptors (Lipinski definition) is 5. The number of aromatic nitrogens is 4. The van der Waals surface area contributed by atoms with Gasteiger partial charge in [0.15, 0.2) is 5.65 Å². The summed E-state index contributed by atoms with van der Waals surface area (Å²) in [6, 6.07) is 7.19. The number of methoxy groups -OCH3 is 1. The quantitative estimate of drug-likeness (QED) is 0.734. The zero-order valence-corrected chi connectivity index (χ0v) is 11.8. The molecular formula is C14H13N5O3. The van der Waals surface area contributed by atoms with Crippen LogP contribution in [0.3, 0.4) is 0 Å². The van der Waals surface area contributed by atoms with Gasteiger partial charge in [0.05, 0.1) is 19.0 Å². The van der Waals surface area contributed by atoms with E-state index in [1.165, 1.54) is 12.5 Å². The highest BCUT2D eigenvalue weighted by molar-refractivity contribution is 5.76. The molecule has 2 heterocycles. The molecule has 0 unspecified atom stereocenters. The van der Waals surface area contributed by atoms with E-state index in [1.807, 2.05) is 12.1 Å². The number of carbonyl (C=O) groups excluding carboxylic acids is 1. The number of ether oxygens (including phenoxy) is 1. The first kappa shape index (κ1) is 13.8. The lowest BCUT2D eigenvalue weighted by Crippen LogP contribution is -2.28. The molecule has 3 rings (SSSR count). The van der Waals surface area contributed by atoms with E-state index in [-0.39, 0.29) is 12.1 Å². The molecule has 0 spiro atoms. The lowest BCUT2D eigenvalue weighted by molar-refractivity contribution is -0.118. The highest BCUT2D eigenvalue weighted by Crippen LogP contribution is 2.17. The molecule has 0 saturated heterocycles. The van der Waals surface area contributed by atoms with Gasteiger partial charge < -0.3 is 10.5 Å². The summed E-state index contributed by atoms with van der Waals surface area (Å²) in [7, 11) is 1.58. The summed E-state index contributed by atoms with van der Waals surface area (Å²) in [6.45, 7) is -0.213. The van der Waals surface area contributed by atoms with E-state index in [0.717, 1.165) is 16.0 Å². The van der Waals surface area contributed by atoms with Crippen LogP contribution in [-0.4, -0.2) is 32.3 Å². The molecule has 0 fully saturated rings. The van der Waals surface area contributed by atoms with Crippen LogP contribution in [0, 0.1) is 0 Å². The van der Waals surface area contributed by atoms with Crippen molar-refractivity contribution in [3.05, 3.63) is 47.1 Å². The zero-order chi connectivity index (χ0) is 15.7. The topological polar surface area (TPSA) is 105 Å². The van der Waals surface area contributed by atoms with E-state index in [2.05, 4.69) is 10.1 Å². The van der Waals surface area contributed by atoms with Crippen LogP contribution in [-0.2, 0) is 11.3 Å². The number of nitrogens with two attached hydrogens (primary N) is 1. The molecule has 2 N–H and O–H groups in total. The number of fused-ring (bicyclic) bond motifs is 1. The zero-order valence-electron chi connectivity index (χ0n) is 11.8. The second-order valence-corrected chi connectivity index (χ2v) is 4.64. The van der Waals surface area contributed by atoms with Gasteiger partial charge in [0.25, 0.3) is 5.56 Å². The molecule has 0 aliphatic rings. The Morgan fingerprint density at radius 1 is 1.32 bits per heavy atom. The third-order valence-electron chi connectivity index (χ3n) is 3.20. The van der Waals surface area contributed by atoms with E-state index >= 15 is 0 Å². The second kappa shape index (κ2) is 5.32. The van der Waals surface area contributed by atoms with Gasteiger partial charge in [-0.1, -0.05) is 0 Å². The average Bonchev–Trinajstić information content (AvgIpc) is 2.94. The normalized spacial score (nSPS) is 10.8. The van der Waals surface area contributed by atoms with Crippen molar-refractivity contribution in [2.24, 2.45) is 5.73 Å². The first-order valence-electron chi connectivity index (χ1n) is 6.46. The number of nitrogens with zero attached hydrogens (tertiary/aromatic N) is 4. The fourth-order valence-electron chi connectivity index (χ4n) is 2.14. The highest BCUT2D eigenvalue weighted by atomic mass is 16.5. The standard InChI is InChI=1S/C14H13N5O3/c1-22-10-4-2-9(3-5-10)19-13-11(6-17-19)14(21)18(8-16-13)7-12(15)20/h2-6,8H,7H2,1H3,(H2,15,20). The van der Waals surface area contributed by atoms with Crippen LogP contribution in [0.4, 0.5) is 0 Å². The number of benzene rings is 1. The Bertz CT molecular complexity index is 895. The molecule has 8 heteroatoms. The number of hydrogen-bond donors (Lipinski definition) is 1. The molecule has 0 aliphatic heterocycles. The average molecular weight is 299 g/mol. The van der Waals surface area contributed by atoms with Crippen molar-refractivity contribution in [3.63, 3.8) is 0 Å². The maximum atomic E-state index is 12.3. The molecule has 0 atom stereocenters. The van der Waals surface area contributed by atoms with Gasteiger partial charge in [-0.2, -0.15) is 5.10 Å². The van der Waals surface area contributed by atoms with Crippen LogP contribution in [0.25, 0.3) is 16.7 Å². The van der Waals surface area contributed by atoms with Crippen molar-refractivity contribution in [1.29, 1.82) is 0 Å². The summed E-state index contributed by atoms with van der Waals surface area (Å²) in [5.41, 5.74) is 5.90. The molecule has 112 valence electrons. The SMILES string of the molecule is COc1ccc(-n2ncc3c(=O)n(CC(N)=O)cnc32)cc1. The van der Waals surface area contributed by atoms with Crippen molar-refractivity contribution in [2.45, 2.75) is 6.54 Å². The van der Waals surface area contributed by atoms with Crippen LogP contribution in [0.1, 0.15) is 0 Å². The summed E-state index contributed by atoms with van der Waals surface area (Å²) >= 11 is 0. The molecule has 0 radical (unpaired) electrons. The Labute approximate surface area is 124 Å². The molecule has 0 saturated carbocycles. The van der Waals surface area contributed by atoms with E-state index in [9.17, 15) is 9.59 Å². The molecular weight excluding hydrogens is 286 g/mol. The number of amides is 1. The largest absolute Gasteiger partial charge is 0.497 e. The van der Waals surface area contributed by atoms with Crippen LogP contribution in [0.15, 0.2) is 41.6 Å². The van der Waals surface area contributed by atoms with Gasteiger partial charge >= 0.3 is 0 Å². The first-order chi connectivity index (χ1) is 10.6. The summed E-state index contributed by atoms with van der Waals surface area (Å²) in [4.78, 5) is 27.4. The van der Waals surface area contributed by atoms with Gasteiger partial charge in [0.2, 0.25) is 5.91 Å². The Kier molecular flexibility index (Phi) is 3.34. The molecule has 0 bridgehead atoms. The van der Waals surface area contributed by atoms with E-state index in [0.29, 0.717) is 11.0 Å². The molecule has 22 heavy (non-hydrogen) atoms. The van der Waals surface area contributed by atoms with Crippen molar-refractivity contribution in [3.8, 4) is 11.4 Å². The Morgan fingerprint density at radius 2 is 2.05 bits per heavy atom. The van der Waals surface area contributed by atoms with Crippen LogP contribution in [0.5, 0.6) is 5.75 Å². The lowest BCUT2D eigenvalue weighted by atomic mass is 10.3. The van der Waals surface area contributed by atoms with Gasteiger partial charge in [-0.05, 0) is 24.3 Å². The van der Waals surface area contributed by atoms with Crippen molar-refractivity contribution < 1.29 is 9.53 Å². The third kappa shape index (κ3) is 2.30. The summed E-state index contributed by atoms with van der Waals surface area (Å²) in [5.74, 6) is 0.114. The van der Waals surface area contributed by atoms with Gasteiger partial charge in [-0.25, -0.2) is 9.67 Å². The predicted octanol–water partition coefficient (Wildman–Crippen LogP) is 0.0761. The minimum absolute atomic E-state index is 0.213. The van der Waals surface area contributed by atoms with Gasteiger partial charge in [0, 0.05) is 0 Å². The maximum absolute atomic E-state index is 12.3. The van der Waals surface area contributed by atoms with Crippen molar-refractivity contribution >= 4 is 16.9 Å². The molecule has 8 nitrogen and oxygen atoms in total. The molecule has 2 aromatic heterocycles. The molecule has 0 aliphatic carbocycles. The Balaban J connectivity index is 2.10. The van der Waals surface area contributed by atoms with E-state index < -0.39 is 5.91 Å². The fraction of sp³-hybridized carbons (Fsp3) is 0.143. The first-order valence-corrected chi connectivity index (χ1v) is 6.46. The number of primary amides is 1. The highest BCUT2D eigenvalue weighted by Gasteiger charge is 2.12. The van der Waals surface area contributed by atoms with Crippen LogP contribution in [0.2, 0.25) is 0 Å². The van der Waals surface area contributed by atoms with Crippen molar-refractivity contribution in [2.75, 3.05) is 7.11 Å². The Hall–Kier alpha value is -3.16. The molecule has 3 aromatic rings. The lowest BCUT2D eigenvalue weighted by Gasteiger charge is -2.05. The molecule has 1 amide bonds. The van der Waals surface area contributed by atoms with Gasteiger partial charge in [0.1, 0.15) is 24.0 Å². The second-order valence-electron chi connectivity index (χ2n) is 4.64. The van der Waals surface area contributed by atoms with E-state index in [4.69, 9.17) is 10.5 Å². The summed E-state index contributed by atoms with van der Waals surface area (Å²) < 4.78 is 7.81. The van der Waals surface area contributed by atoms with Crippen LogP contribution < -0.4 is 16.0 Å². The van der Waals surface area contributed by atoms with Gasteiger partial charge in [-0.3, -0.25) is 14.2 Å². The maximum Gasteiger partial charge on any atom is 0.264 e. The number of rotatable bonds is 4. The Morgan fingerprint density at radius 3 is 2.68 bits per heavy atom. The summed E-state index contributed by atoms with van der Waals surface area (Å²) in [5, 5.41) is 4.51. The van der Waals surface area contributed by atoms with Crippen molar-refractivity contribution in [1.82, 2.24) is 19.3 Å². The monoisotopic (exact) mass is 299 g/mol. The van der Waals surface area contributed by atoms with E-state index in [1.54, 1.807) is 23.9 Å². The minimum atomic E-state index is -0.606. The number of carbonyl (C=O) groups is 1. The summed E-state index contributed by atoms with van der Waals surface area (Å²) in [6.07, 6.45) is 2.71. The molecule has 1 aromatic carbocycles. The minimum Gasteiger partial charge on any atom is -0.497 e. The predicted molar refractivity (Wildman–Crippen MR) is 78.9 cm³/mol. The van der Waals surface area contributed by atoms with Crippen LogP contribution >= 0.6 is 0 Å².